The van der Waals surface area contributed by atoms with Gasteiger partial charge in [0.2, 0.25) is 5.91 Å². The number of rotatable bonds is 9. The molecular formula is C24H25N3O6S. The van der Waals surface area contributed by atoms with E-state index >= 15 is 0 Å². The lowest BCUT2D eigenvalue weighted by Gasteiger charge is -2.13. The van der Waals surface area contributed by atoms with E-state index in [4.69, 9.17) is 9.47 Å². The molecule has 0 fully saturated rings. The minimum atomic E-state index is -3.87. The van der Waals surface area contributed by atoms with Crippen LogP contribution in [0.25, 0.3) is 0 Å². The first-order valence-electron chi connectivity index (χ1n) is 10.3. The molecule has 0 bridgehead atoms. The molecule has 0 saturated carbocycles. The Kier molecular flexibility index (Phi) is 7.75. The molecule has 0 aliphatic carbocycles. The molecule has 0 heterocycles. The first-order valence-corrected chi connectivity index (χ1v) is 11.8. The molecule has 0 unspecified atom stereocenters. The van der Waals surface area contributed by atoms with Crippen molar-refractivity contribution in [3.63, 3.8) is 0 Å². The van der Waals surface area contributed by atoms with Crippen LogP contribution in [-0.2, 0) is 14.8 Å². The van der Waals surface area contributed by atoms with Crippen molar-refractivity contribution in [2.24, 2.45) is 0 Å². The van der Waals surface area contributed by atoms with Gasteiger partial charge in [0.25, 0.3) is 15.9 Å². The van der Waals surface area contributed by atoms with Gasteiger partial charge in [-0.25, -0.2) is 8.42 Å². The lowest BCUT2D eigenvalue weighted by molar-refractivity contribution is -0.114. The van der Waals surface area contributed by atoms with Gasteiger partial charge in [-0.05, 0) is 67.6 Å². The number of amides is 2. The van der Waals surface area contributed by atoms with E-state index in [0.29, 0.717) is 29.5 Å². The largest absolute Gasteiger partial charge is 0.495 e. The van der Waals surface area contributed by atoms with Crippen molar-refractivity contribution in [2.75, 3.05) is 29.1 Å². The molecule has 3 aromatic rings. The maximum atomic E-state index is 12.9. The molecule has 9 nitrogen and oxygen atoms in total. The van der Waals surface area contributed by atoms with Crippen LogP contribution in [0.4, 0.5) is 17.1 Å². The van der Waals surface area contributed by atoms with Gasteiger partial charge in [-0.1, -0.05) is 6.07 Å². The second-order valence-electron chi connectivity index (χ2n) is 7.14. The Morgan fingerprint density at radius 3 is 2.29 bits per heavy atom. The lowest BCUT2D eigenvalue weighted by Crippen LogP contribution is -2.16. The van der Waals surface area contributed by atoms with Crippen molar-refractivity contribution in [3.8, 4) is 11.5 Å². The third-order valence-corrected chi connectivity index (χ3v) is 5.99. The predicted octanol–water partition coefficient (Wildman–Crippen LogP) is 4.11. The van der Waals surface area contributed by atoms with E-state index in [1.807, 2.05) is 6.92 Å². The van der Waals surface area contributed by atoms with Crippen LogP contribution < -0.4 is 24.8 Å². The molecule has 10 heteroatoms. The molecule has 0 atom stereocenters. The first-order chi connectivity index (χ1) is 16.2. The van der Waals surface area contributed by atoms with Gasteiger partial charge in [0, 0.05) is 23.9 Å². The smallest absolute Gasteiger partial charge is 0.261 e. The molecule has 178 valence electrons. The molecule has 0 radical (unpaired) electrons. The van der Waals surface area contributed by atoms with Gasteiger partial charge in [-0.2, -0.15) is 0 Å². The van der Waals surface area contributed by atoms with Crippen molar-refractivity contribution < 1.29 is 27.5 Å². The van der Waals surface area contributed by atoms with Crippen molar-refractivity contribution in [2.45, 2.75) is 18.7 Å². The second kappa shape index (κ2) is 10.7. The quantitative estimate of drug-likeness (QED) is 0.421. The number of benzene rings is 3. The normalized spacial score (nSPS) is 10.8. The highest BCUT2D eigenvalue weighted by molar-refractivity contribution is 7.92. The summed E-state index contributed by atoms with van der Waals surface area (Å²) in [5.41, 5.74) is 1.28. The zero-order valence-corrected chi connectivity index (χ0v) is 19.7. The number of nitrogens with one attached hydrogen (secondary N) is 3. The highest BCUT2D eigenvalue weighted by Gasteiger charge is 2.16. The minimum Gasteiger partial charge on any atom is -0.495 e. The number of hydrogen-bond donors (Lipinski definition) is 3. The number of ether oxygens (including phenoxy) is 2. The molecule has 0 spiro atoms. The number of carbonyl (C=O) groups excluding carboxylic acids is 2. The summed E-state index contributed by atoms with van der Waals surface area (Å²) >= 11 is 0. The SMILES string of the molecule is CCOc1ccc(S(=O)(=O)Nc2cccc(C(=O)Nc3cc(NC(C)=O)ccc3OC)c2)cc1. The van der Waals surface area contributed by atoms with Crippen molar-refractivity contribution in [3.05, 3.63) is 72.3 Å². The fourth-order valence-electron chi connectivity index (χ4n) is 3.10. The molecule has 0 aromatic heterocycles. The van der Waals surface area contributed by atoms with Crippen LogP contribution in [0, 0.1) is 0 Å². The van der Waals surface area contributed by atoms with Gasteiger partial charge in [0.15, 0.2) is 0 Å². The molecule has 3 rings (SSSR count). The van der Waals surface area contributed by atoms with Gasteiger partial charge in [-0.3, -0.25) is 14.3 Å². The van der Waals surface area contributed by atoms with Crippen molar-refractivity contribution >= 4 is 38.9 Å². The van der Waals surface area contributed by atoms with Gasteiger partial charge in [0.1, 0.15) is 11.5 Å². The molecule has 3 aromatic carbocycles. The molecular weight excluding hydrogens is 458 g/mol. The summed E-state index contributed by atoms with van der Waals surface area (Å²) in [4.78, 5) is 24.2. The van der Waals surface area contributed by atoms with Crippen LogP contribution >= 0.6 is 0 Å². The Morgan fingerprint density at radius 2 is 1.65 bits per heavy atom. The standard InChI is InChI=1S/C24H25N3O6S/c1-4-33-20-9-11-21(12-10-20)34(30,31)27-19-7-5-6-17(14-19)24(29)26-22-15-18(25-16(2)28)8-13-23(22)32-3/h5-15,27H,4H2,1-3H3,(H,25,28)(H,26,29). The highest BCUT2D eigenvalue weighted by atomic mass is 32.2. The predicted molar refractivity (Wildman–Crippen MR) is 130 cm³/mol. The summed E-state index contributed by atoms with van der Waals surface area (Å²) in [6.45, 7) is 3.69. The average molecular weight is 484 g/mol. The van der Waals surface area contributed by atoms with Crippen LogP contribution in [0.15, 0.2) is 71.6 Å². The van der Waals surface area contributed by atoms with Crippen LogP contribution in [0.5, 0.6) is 11.5 Å². The Balaban J connectivity index is 1.78. The number of carbonyl (C=O) groups is 2. The third kappa shape index (κ3) is 6.26. The van der Waals surface area contributed by atoms with Gasteiger partial charge in [-0.15, -0.1) is 0 Å². The summed E-state index contributed by atoms with van der Waals surface area (Å²) in [6, 6.07) is 16.9. The van der Waals surface area contributed by atoms with E-state index in [9.17, 15) is 18.0 Å². The highest BCUT2D eigenvalue weighted by Crippen LogP contribution is 2.29. The van der Waals surface area contributed by atoms with Crippen LogP contribution in [0.1, 0.15) is 24.2 Å². The van der Waals surface area contributed by atoms with Crippen LogP contribution in [0.3, 0.4) is 0 Å². The monoisotopic (exact) mass is 483 g/mol. The third-order valence-electron chi connectivity index (χ3n) is 4.59. The van der Waals surface area contributed by atoms with E-state index in [2.05, 4.69) is 15.4 Å². The molecule has 3 N–H and O–H groups in total. The summed E-state index contributed by atoms with van der Waals surface area (Å²) in [5, 5.41) is 5.36. The summed E-state index contributed by atoms with van der Waals surface area (Å²) in [6.07, 6.45) is 0. The first kappa shape index (κ1) is 24.6. The second-order valence-corrected chi connectivity index (χ2v) is 8.82. The van der Waals surface area contributed by atoms with Gasteiger partial charge >= 0.3 is 0 Å². The summed E-state index contributed by atoms with van der Waals surface area (Å²) < 4.78 is 38.6. The van der Waals surface area contributed by atoms with Crippen molar-refractivity contribution in [1.29, 1.82) is 0 Å². The Morgan fingerprint density at radius 1 is 0.912 bits per heavy atom. The molecule has 34 heavy (non-hydrogen) atoms. The lowest BCUT2D eigenvalue weighted by atomic mass is 10.1. The van der Waals surface area contributed by atoms with E-state index in [1.54, 1.807) is 48.5 Å². The fraction of sp³-hybridized carbons (Fsp3) is 0.167. The molecule has 0 aliphatic rings. The molecule has 2 amide bonds. The van der Waals surface area contributed by atoms with Gasteiger partial charge < -0.3 is 20.1 Å². The van der Waals surface area contributed by atoms with E-state index in [1.165, 1.54) is 32.2 Å². The zero-order valence-electron chi connectivity index (χ0n) is 18.9. The number of anilines is 3. The van der Waals surface area contributed by atoms with E-state index < -0.39 is 15.9 Å². The van der Waals surface area contributed by atoms with Crippen molar-refractivity contribution in [1.82, 2.24) is 0 Å². The average Bonchev–Trinajstić information content (AvgIpc) is 2.79. The van der Waals surface area contributed by atoms with Crippen LogP contribution in [0.2, 0.25) is 0 Å². The Bertz CT molecular complexity index is 1290. The number of hydrogen-bond acceptors (Lipinski definition) is 6. The number of methoxy groups -OCH3 is 1. The van der Waals surface area contributed by atoms with Crippen LogP contribution in [-0.4, -0.2) is 33.9 Å². The summed E-state index contributed by atoms with van der Waals surface area (Å²) in [5.74, 6) is 0.225. The Labute approximate surface area is 198 Å². The number of sulfonamides is 1. The Hall–Kier alpha value is -4.05. The van der Waals surface area contributed by atoms with E-state index in [-0.39, 0.29) is 22.1 Å². The summed E-state index contributed by atoms with van der Waals surface area (Å²) in [7, 11) is -2.41. The van der Waals surface area contributed by atoms with Gasteiger partial charge in [0.05, 0.1) is 24.3 Å². The topological polar surface area (TPSA) is 123 Å². The minimum absolute atomic E-state index is 0.0605. The maximum Gasteiger partial charge on any atom is 0.261 e. The molecule has 0 saturated heterocycles. The molecule has 0 aliphatic heterocycles. The maximum absolute atomic E-state index is 12.9. The van der Waals surface area contributed by atoms with E-state index in [0.717, 1.165) is 0 Å². The fourth-order valence-corrected chi connectivity index (χ4v) is 4.15. The zero-order chi connectivity index (χ0) is 24.7.